The van der Waals surface area contributed by atoms with Crippen LogP contribution >= 0.6 is 0 Å². The molecule has 3 aromatic carbocycles. The molecule has 0 bridgehead atoms. The second-order valence-electron chi connectivity index (χ2n) is 4.43. The summed E-state index contributed by atoms with van der Waals surface area (Å²) >= 11 is 0. The third kappa shape index (κ3) is 1.11. The van der Waals surface area contributed by atoms with E-state index in [-0.39, 0.29) is 0 Å². The van der Waals surface area contributed by atoms with Crippen molar-refractivity contribution in [2.75, 3.05) is 0 Å². The molecule has 0 radical (unpaired) electrons. The first-order valence-electron chi connectivity index (χ1n) is 5.90. The minimum absolute atomic E-state index is 0.959. The monoisotopic (exact) mass is 217 g/mol. The molecule has 17 heavy (non-hydrogen) atoms. The van der Waals surface area contributed by atoms with Gasteiger partial charge in [0.05, 0.1) is 5.69 Å². The van der Waals surface area contributed by atoms with Crippen molar-refractivity contribution < 1.29 is 0 Å². The number of hydrogen-bond acceptors (Lipinski definition) is 1. The van der Waals surface area contributed by atoms with E-state index in [4.69, 9.17) is 0 Å². The molecular formula is C16H11N. The van der Waals surface area contributed by atoms with Crippen LogP contribution in [0.25, 0.3) is 21.5 Å². The molecule has 0 atom stereocenters. The maximum atomic E-state index is 4.55. The summed E-state index contributed by atoms with van der Waals surface area (Å²) in [6.07, 6.45) is 2.98. The van der Waals surface area contributed by atoms with Crippen molar-refractivity contribution in [1.82, 2.24) is 0 Å². The largest absolute Gasteiger partial charge is 0.260 e. The summed E-state index contributed by atoms with van der Waals surface area (Å²) < 4.78 is 0. The molecule has 1 heterocycles. The molecule has 0 amide bonds. The fourth-order valence-electron chi connectivity index (χ4n) is 2.78. The number of hydrogen-bond donors (Lipinski definition) is 0. The number of rotatable bonds is 0. The molecule has 80 valence electrons. The van der Waals surface area contributed by atoms with Gasteiger partial charge in [0.2, 0.25) is 0 Å². The highest BCUT2D eigenvalue weighted by Crippen LogP contribution is 2.40. The number of aliphatic imine (C=N–C) groups is 1. The minimum Gasteiger partial charge on any atom is -0.260 e. The third-order valence-corrected chi connectivity index (χ3v) is 3.53. The number of benzene rings is 3. The molecule has 3 aromatic rings. The van der Waals surface area contributed by atoms with Crippen molar-refractivity contribution in [2.45, 2.75) is 6.42 Å². The number of nitrogens with zero attached hydrogens (tertiary/aromatic N) is 1. The summed E-state index contributed by atoms with van der Waals surface area (Å²) in [6, 6.07) is 17.2. The first-order valence-corrected chi connectivity index (χ1v) is 5.90. The zero-order valence-corrected chi connectivity index (χ0v) is 9.35. The smallest absolute Gasteiger partial charge is 0.0746 e. The lowest BCUT2D eigenvalue weighted by Gasteiger charge is -2.09. The van der Waals surface area contributed by atoms with Crippen LogP contribution in [0.2, 0.25) is 0 Å². The van der Waals surface area contributed by atoms with Crippen LogP contribution in [0.15, 0.2) is 53.5 Å². The van der Waals surface area contributed by atoms with Crippen LogP contribution in [0, 0.1) is 0 Å². The second-order valence-corrected chi connectivity index (χ2v) is 4.43. The van der Waals surface area contributed by atoms with Crippen LogP contribution < -0.4 is 0 Å². The van der Waals surface area contributed by atoms with Gasteiger partial charge in [0, 0.05) is 18.0 Å². The maximum Gasteiger partial charge on any atom is 0.0746 e. The van der Waals surface area contributed by atoms with E-state index in [1.54, 1.807) is 0 Å². The van der Waals surface area contributed by atoms with Gasteiger partial charge in [-0.05, 0) is 21.7 Å². The molecule has 4 rings (SSSR count). The summed E-state index contributed by atoms with van der Waals surface area (Å²) in [7, 11) is 0. The van der Waals surface area contributed by atoms with E-state index in [1.165, 1.54) is 32.8 Å². The summed E-state index contributed by atoms with van der Waals surface area (Å²) in [6.45, 7) is 0. The molecule has 0 fully saturated rings. The van der Waals surface area contributed by atoms with E-state index in [1.807, 2.05) is 6.21 Å². The van der Waals surface area contributed by atoms with Gasteiger partial charge in [-0.3, -0.25) is 4.99 Å². The summed E-state index contributed by atoms with van der Waals surface area (Å²) in [5.41, 5.74) is 2.54. The average Bonchev–Trinajstić information content (AvgIpc) is 2.89. The van der Waals surface area contributed by atoms with Crippen LogP contribution in [0.5, 0.6) is 0 Å². The van der Waals surface area contributed by atoms with Crippen LogP contribution in [-0.2, 0) is 6.42 Å². The molecule has 0 N–H and O–H groups in total. The van der Waals surface area contributed by atoms with Gasteiger partial charge in [-0.25, -0.2) is 0 Å². The van der Waals surface area contributed by atoms with Gasteiger partial charge in [-0.15, -0.1) is 0 Å². The molecular weight excluding hydrogens is 206 g/mol. The Labute approximate surface area is 99.4 Å². The van der Waals surface area contributed by atoms with Gasteiger partial charge in [-0.1, -0.05) is 48.5 Å². The van der Waals surface area contributed by atoms with Crippen molar-refractivity contribution in [2.24, 2.45) is 4.99 Å². The molecule has 0 aliphatic carbocycles. The lowest BCUT2D eigenvalue weighted by molar-refractivity contribution is 1.47. The van der Waals surface area contributed by atoms with Gasteiger partial charge in [0.25, 0.3) is 0 Å². The zero-order chi connectivity index (χ0) is 11.2. The molecule has 1 nitrogen and oxygen atoms in total. The van der Waals surface area contributed by atoms with Gasteiger partial charge in [0.1, 0.15) is 0 Å². The highest BCUT2D eigenvalue weighted by molar-refractivity contribution is 6.16. The fraction of sp³-hybridized carbons (Fsp3) is 0.0625. The topological polar surface area (TPSA) is 12.4 Å². The Morgan fingerprint density at radius 3 is 2.06 bits per heavy atom. The van der Waals surface area contributed by atoms with Crippen molar-refractivity contribution >= 4 is 33.4 Å². The van der Waals surface area contributed by atoms with Gasteiger partial charge < -0.3 is 0 Å². The molecule has 0 saturated heterocycles. The Bertz CT molecular complexity index is 769. The second kappa shape index (κ2) is 3.17. The standard InChI is InChI=1S/C16H11N/c1-2-7-13-11(5-1)12-6-3-4-8-14(12)16-15(13)9-10-17-16/h1-8,10H,9H2. The van der Waals surface area contributed by atoms with Crippen LogP contribution in [-0.4, -0.2) is 6.21 Å². The van der Waals surface area contributed by atoms with Crippen molar-refractivity contribution in [3.05, 3.63) is 54.1 Å². The SMILES string of the molecule is C1=Nc2c(c3ccccc3c3ccccc23)C1. The average molecular weight is 217 g/mol. The van der Waals surface area contributed by atoms with Crippen molar-refractivity contribution in [1.29, 1.82) is 0 Å². The van der Waals surface area contributed by atoms with E-state index in [0.29, 0.717) is 0 Å². The predicted octanol–water partition coefficient (Wildman–Crippen LogP) is 4.25. The predicted molar refractivity (Wildman–Crippen MR) is 73.3 cm³/mol. The van der Waals surface area contributed by atoms with Crippen LogP contribution in [0.1, 0.15) is 5.56 Å². The number of fused-ring (bicyclic) bond motifs is 6. The van der Waals surface area contributed by atoms with Gasteiger partial charge in [0.15, 0.2) is 0 Å². The Kier molecular flexibility index (Phi) is 1.67. The Morgan fingerprint density at radius 2 is 1.29 bits per heavy atom. The van der Waals surface area contributed by atoms with Gasteiger partial charge in [-0.2, -0.15) is 0 Å². The highest BCUT2D eigenvalue weighted by atomic mass is 14.8. The Morgan fingerprint density at radius 1 is 0.706 bits per heavy atom. The van der Waals surface area contributed by atoms with Crippen LogP contribution in [0.4, 0.5) is 5.69 Å². The normalized spacial score (nSPS) is 13.4. The van der Waals surface area contributed by atoms with E-state index < -0.39 is 0 Å². The third-order valence-electron chi connectivity index (χ3n) is 3.53. The fourth-order valence-corrected chi connectivity index (χ4v) is 2.78. The molecule has 0 aromatic heterocycles. The van der Waals surface area contributed by atoms with Crippen LogP contribution in [0.3, 0.4) is 0 Å². The van der Waals surface area contributed by atoms with Crippen molar-refractivity contribution in [3.8, 4) is 0 Å². The molecule has 0 spiro atoms. The Hall–Kier alpha value is -2.15. The molecule has 1 aliphatic heterocycles. The summed E-state index contributed by atoms with van der Waals surface area (Å²) in [4.78, 5) is 4.55. The maximum absolute atomic E-state index is 4.55. The van der Waals surface area contributed by atoms with E-state index in [2.05, 4.69) is 53.5 Å². The molecule has 1 aliphatic rings. The Balaban J connectivity index is 2.37. The highest BCUT2D eigenvalue weighted by Gasteiger charge is 2.15. The molecule has 0 saturated carbocycles. The zero-order valence-electron chi connectivity index (χ0n) is 9.35. The summed E-state index contributed by atoms with van der Waals surface area (Å²) in [5, 5.41) is 5.27. The van der Waals surface area contributed by atoms with E-state index in [0.717, 1.165) is 6.42 Å². The first-order chi connectivity index (χ1) is 8.45. The van der Waals surface area contributed by atoms with Gasteiger partial charge >= 0.3 is 0 Å². The lowest BCUT2D eigenvalue weighted by Crippen LogP contribution is -1.85. The van der Waals surface area contributed by atoms with E-state index in [9.17, 15) is 0 Å². The van der Waals surface area contributed by atoms with Crippen molar-refractivity contribution in [3.63, 3.8) is 0 Å². The lowest BCUT2D eigenvalue weighted by atomic mass is 9.95. The quantitative estimate of drug-likeness (QED) is 0.499. The molecule has 1 heteroatoms. The summed E-state index contributed by atoms with van der Waals surface area (Å²) in [5.74, 6) is 0. The minimum atomic E-state index is 0.959. The first kappa shape index (κ1) is 8.94. The molecule has 0 unspecified atom stereocenters. The van der Waals surface area contributed by atoms with E-state index >= 15 is 0 Å².